The summed E-state index contributed by atoms with van der Waals surface area (Å²) < 4.78 is 10.6. The van der Waals surface area contributed by atoms with Crippen LogP contribution in [0.3, 0.4) is 0 Å². The number of hydrogen-bond donors (Lipinski definition) is 0. The Labute approximate surface area is 181 Å². The van der Waals surface area contributed by atoms with Crippen molar-refractivity contribution in [3.63, 3.8) is 0 Å². The van der Waals surface area contributed by atoms with Crippen LogP contribution in [0.15, 0.2) is 47.8 Å². The highest BCUT2D eigenvalue weighted by atomic mass is 35.5. The maximum Gasteiger partial charge on any atom is 0.340 e. The van der Waals surface area contributed by atoms with Gasteiger partial charge in [-0.1, -0.05) is 35.3 Å². The van der Waals surface area contributed by atoms with Crippen molar-refractivity contribution < 1.29 is 19.1 Å². The van der Waals surface area contributed by atoms with Crippen molar-refractivity contribution >= 4 is 57.2 Å². The van der Waals surface area contributed by atoms with E-state index in [1.807, 2.05) is 6.07 Å². The largest absolute Gasteiger partial charge is 0.495 e. The Morgan fingerprint density at radius 1 is 1.17 bits per heavy atom. The van der Waals surface area contributed by atoms with E-state index in [0.717, 1.165) is 0 Å². The molecule has 29 heavy (non-hydrogen) atoms. The van der Waals surface area contributed by atoms with Gasteiger partial charge in [0.05, 0.1) is 29.1 Å². The van der Waals surface area contributed by atoms with Crippen molar-refractivity contribution in [3.05, 3.63) is 69.1 Å². The maximum absolute atomic E-state index is 12.3. The van der Waals surface area contributed by atoms with Crippen LogP contribution in [-0.2, 0) is 16.1 Å². The molecule has 0 fully saturated rings. The molecule has 0 N–H and O–H groups in total. The Morgan fingerprint density at radius 3 is 2.66 bits per heavy atom. The number of para-hydroxylation sites is 2. The molecule has 0 radical (unpaired) electrons. The molecule has 1 amide bonds. The first-order valence-corrected chi connectivity index (χ1v) is 10.0. The summed E-state index contributed by atoms with van der Waals surface area (Å²) in [7, 11) is 1.53. The van der Waals surface area contributed by atoms with Gasteiger partial charge in [0.2, 0.25) is 5.91 Å². The van der Waals surface area contributed by atoms with Gasteiger partial charge in [0, 0.05) is 17.3 Å². The minimum absolute atomic E-state index is 0.0736. The second-order valence-electron chi connectivity index (χ2n) is 5.85. The van der Waals surface area contributed by atoms with Gasteiger partial charge in [-0.3, -0.25) is 9.69 Å². The van der Waals surface area contributed by atoms with Crippen molar-refractivity contribution in [1.29, 1.82) is 0 Å². The lowest BCUT2D eigenvalue weighted by Crippen LogP contribution is -2.23. The molecule has 3 aromatic rings. The summed E-state index contributed by atoms with van der Waals surface area (Å²) in [5, 5.41) is 2.78. The number of hydrogen-bond acceptors (Lipinski definition) is 6. The molecule has 2 aromatic carbocycles. The zero-order chi connectivity index (χ0) is 21.0. The molecule has 1 heterocycles. The number of aromatic nitrogens is 1. The Bertz CT molecular complexity index is 1050. The number of rotatable bonds is 6. The summed E-state index contributed by atoms with van der Waals surface area (Å²) in [4.78, 5) is 30.4. The molecule has 0 aliphatic rings. The van der Waals surface area contributed by atoms with Crippen LogP contribution in [0.2, 0.25) is 10.0 Å². The number of amides is 1. The van der Waals surface area contributed by atoms with Crippen LogP contribution in [-0.4, -0.2) is 24.0 Å². The van der Waals surface area contributed by atoms with Crippen LogP contribution in [0.1, 0.15) is 23.0 Å². The third-order valence-corrected chi connectivity index (χ3v) is 5.31. The monoisotopic (exact) mass is 450 g/mol. The van der Waals surface area contributed by atoms with Crippen molar-refractivity contribution in [2.75, 3.05) is 12.0 Å². The van der Waals surface area contributed by atoms with E-state index in [9.17, 15) is 9.59 Å². The number of halogens is 2. The number of methoxy groups -OCH3 is 1. The zero-order valence-electron chi connectivity index (χ0n) is 15.5. The van der Waals surface area contributed by atoms with E-state index < -0.39 is 5.97 Å². The first-order valence-electron chi connectivity index (χ1n) is 8.41. The van der Waals surface area contributed by atoms with Gasteiger partial charge in [-0.25, -0.2) is 9.78 Å². The molecule has 0 aliphatic carbocycles. The van der Waals surface area contributed by atoms with Gasteiger partial charge in [0.1, 0.15) is 12.4 Å². The highest BCUT2D eigenvalue weighted by Gasteiger charge is 2.21. The molecule has 0 spiro atoms. The van der Waals surface area contributed by atoms with Crippen LogP contribution in [0.25, 0.3) is 0 Å². The zero-order valence-corrected chi connectivity index (χ0v) is 17.8. The highest BCUT2D eigenvalue weighted by Crippen LogP contribution is 2.35. The normalized spacial score (nSPS) is 10.5. The molecule has 9 heteroatoms. The van der Waals surface area contributed by atoms with E-state index in [4.69, 9.17) is 32.7 Å². The molecular formula is C20H16Cl2N2O4S. The first-order chi connectivity index (χ1) is 13.9. The summed E-state index contributed by atoms with van der Waals surface area (Å²) in [5.74, 6) is -0.292. The van der Waals surface area contributed by atoms with Gasteiger partial charge in [0.15, 0.2) is 5.13 Å². The minimum atomic E-state index is -0.611. The number of anilines is 2. The lowest BCUT2D eigenvalue weighted by molar-refractivity contribution is -0.115. The van der Waals surface area contributed by atoms with E-state index in [1.54, 1.807) is 29.6 Å². The number of carbonyl (C=O) groups excluding carboxylic acids is 2. The fourth-order valence-electron chi connectivity index (χ4n) is 2.56. The number of benzene rings is 2. The van der Waals surface area contributed by atoms with Gasteiger partial charge in [-0.2, -0.15) is 0 Å². The lowest BCUT2D eigenvalue weighted by atomic mass is 10.2. The number of ether oxygens (including phenoxy) is 2. The van der Waals surface area contributed by atoms with Crippen molar-refractivity contribution in [2.24, 2.45) is 0 Å². The fraction of sp³-hybridized carbons (Fsp3) is 0.150. The molecule has 0 atom stereocenters. The Morgan fingerprint density at radius 2 is 1.93 bits per heavy atom. The maximum atomic E-state index is 12.3. The summed E-state index contributed by atoms with van der Waals surface area (Å²) in [6.07, 6.45) is 0. The molecule has 0 saturated heterocycles. The van der Waals surface area contributed by atoms with Gasteiger partial charge in [-0.15, -0.1) is 11.3 Å². The van der Waals surface area contributed by atoms with Gasteiger partial charge >= 0.3 is 5.97 Å². The summed E-state index contributed by atoms with van der Waals surface area (Å²) in [5.41, 5.74) is 1.25. The van der Waals surface area contributed by atoms with Crippen molar-refractivity contribution in [1.82, 2.24) is 4.98 Å². The molecule has 0 saturated carbocycles. The number of nitrogens with zero attached hydrogens (tertiary/aromatic N) is 2. The molecule has 1 aromatic heterocycles. The van der Waals surface area contributed by atoms with Crippen LogP contribution in [0.4, 0.5) is 10.8 Å². The highest BCUT2D eigenvalue weighted by molar-refractivity contribution is 7.14. The van der Waals surface area contributed by atoms with E-state index in [2.05, 4.69) is 4.98 Å². The Hall–Kier alpha value is -2.61. The smallest absolute Gasteiger partial charge is 0.340 e. The number of thiazole rings is 1. The average Bonchev–Trinajstić information content (AvgIpc) is 3.16. The summed E-state index contributed by atoms with van der Waals surface area (Å²) >= 11 is 13.2. The Balaban J connectivity index is 1.78. The molecule has 0 unspecified atom stereocenters. The molecule has 0 aliphatic heterocycles. The second-order valence-corrected chi connectivity index (χ2v) is 7.53. The predicted molar refractivity (Wildman–Crippen MR) is 114 cm³/mol. The average molecular weight is 451 g/mol. The molecule has 150 valence electrons. The quantitative estimate of drug-likeness (QED) is 0.463. The molecular weight excluding hydrogens is 435 g/mol. The van der Waals surface area contributed by atoms with Gasteiger partial charge in [-0.05, 0) is 30.3 Å². The van der Waals surface area contributed by atoms with Crippen LogP contribution < -0.4 is 9.64 Å². The standard InChI is InChI=1S/C20H16Cl2N2O4S/c1-12(25)24(17-5-3-4-6-18(17)27-2)20-23-14(11-29-20)10-28-19(26)15-9-13(21)7-8-16(15)22/h3-9,11H,10H2,1-2H3. The number of carbonyl (C=O) groups is 2. The van der Waals surface area contributed by atoms with E-state index >= 15 is 0 Å². The SMILES string of the molecule is COc1ccccc1N(C(C)=O)c1nc(COC(=O)c2cc(Cl)ccc2Cl)cs1. The fourth-order valence-corrected chi connectivity index (χ4v) is 3.79. The topological polar surface area (TPSA) is 68.7 Å². The summed E-state index contributed by atoms with van der Waals surface area (Å²) in [6.45, 7) is 1.37. The first kappa shape index (κ1) is 21.1. The molecule has 3 rings (SSSR count). The van der Waals surface area contributed by atoms with Crippen molar-refractivity contribution in [3.8, 4) is 5.75 Å². The lowest BCUT2D eigenvalue weighted by Gasteiger charge is -2.20. The summed E-state index contributed by atoms with van der Waals surface area (Å²) in [6, 6.07) is 11.7. The third kappa shape index (κ3) is 4.87. The van der Waals surface area contributed by atoms with E-state index in [-0.39, 0.29) is 23.1 Å². The molecule has 6 nitrogen and oxygen atoms in total. The predicted octanol–water partition coefficient (Wildman–Crippen LogP) is 5.50. The number of esters is 1. The van der Waals surface area contributed by atoms with E-state index in [1.165, 1.54) is 42.4 Å². The second kappa shape index (κ2) is 9.26. The van der Waals surface area contributed by atoms with Gasteiger partial charge < -0.3 is 9.47 Å². The van der Waals surface area contributed by atoms with E-state index in [0.29, 0.717) is 27.3 Å². The van der Waals surface area contributed by atoms with Crippen LogP contribution in [0, 0.1) is 0 Å². The van der Waals surface area contributed by atoms with Gasteiger partial charge in [0.25, 0.3) is 0 Å². The molecule has 0 bridgehead atoms. The van der Waals surface area contributed by atoms with Crippen molar-refractivity contribution in [2.45, 2.75) is 13.5 Å². The third-order valence-electron chi connectivity index (χ3n) is 3.87. The Kier molecular flexibility index (Phi) is 6.74. The minimum Gasteiger partial charge on any atom is -0.495 e. The van der Waals surface area contributed by atoms with Crippen LogP contribution >= 0.6 is 34.5 Å². The van der Waals surface area contributed by atoms with Crippen LogP contribution in [0.5, 0.6) is 5.75 Å².